The van der Waals surface area contributed by atoms with Crippen LogP contribution in [0.4, 0.5) is 0 Å². The predicted octanol–water partition coefficient (Wildman–Crippen LogP) is 3.98. The van der Waals surface area contributed by atoms with E-state index in [0.29, 0.717) is 17.2 Å². The van der Waals surface area contributed by atoms with Crippen LogP contribution in [-0.2, 0) is 0 Å². The number of ether oxygens (including phenoxy) is 3. The van der Waals surface area contributed by atoms with Crippen molar-refractivity contribution in [2.24, 2.45) is 0 Å². The Balaban J connectivity index is 0.00000544. The van der Waals surface area contributed by atoms with Gasteiger partial charge in [0.1, 0.15) is 17.2 Å². The van der Waals surface area contributed by atoms with Crippen molar-refractivity contribution in [2.75, 3.05) is 0 Å². The fourth-order valence-corrected chi connectivity index (χ4v) is 4.46. The molecule has 4 atom stereocenters. The molecule has 2 aromatic carbocycles. The third-order valence-electron chi connectivity index (χ3n) is 5.70. The van der Waals surface area contributed by atoms with Crippen LogP contribution in [0.1, 0.15) is 82.3 Å². The van der Waals surface area contributed by atoms with Gasteiger partial charge in [0.05, 0.1) is 23.6 Å². The van der Waals surface area contributed by atoms with Gasteiger partial charge in [-0.25, -0.2) is 0 Å². The van der Waals surface area contributed by atoms with E-state index in [9.17, 15) is 4.79 Å². The first-order valence-corrected chi connectivity index (χ1v) is 12.8. The van der Waals surface area contributed by atoms with Crippen LogP contribution in [0.25, 0.3) is 0 Å². The van der Waals surface area contributed by atoms with E-state index in [1.165, 1.54) is 0 Å². The van der Waals surface area contributed by atoms with E-state index in [0.717, 1.165) is 41.3 Å². The van der Waals surface area contributed by atoms with Crippen LogP contribution in [0, 0.1) is 13.8 Å². The van der Waals surface area contributed by atoms with Gasteiger partial charge in [-0.05, 0) is 73.6 Å². The minimum absolute atomic E-state index is 0. The van der Waals surface area contributed by atoms with E-state index in [2.05, 4.69) is 20.8 Å². The normalized spacial score (nSPS) is 13.8. The largest absolute Gasteiger partial charge is 1.00 e. The van der Waals surface area contributed by atoms with Crippen LogP contribution in [0.5, 0.6) is 17.2 Å². The Bertz CT molecular complexity index is 862. The van der Waals surface area contributed by atoms with Crippen molar-refractivity contribution in [3.8, 4) is 17.2 Å². The van der Waals surface area contributed by atoms with E-state index in [-0.39, 0.29) is 51.3 Å². The molecule has 0 radical (unpaired) electrons. The molecule has 4 unspecified atom stereocenters. The van der Waals surface area contributed by atoms with Crippen LogP contribution < -0.4 is 38.4 Å². The van der Waals surface area contributed by atoms with Gasteiger partial charge >= 0.3 is 18.9 Å². The average molecular weight is 466 g/mol. The van der Waals surface area contributed by atoms with Gasteiger partial charge in [-0.15, -0.1) is 0 Å². The third-order valence-corrected chi connectivity index (χ3v) is 6.92. The molecule has 2 aromatic rings. The zero-order valence-corrected chi connectivity index (χ0v) is 22.9. The minimum atomic E-state index is -0.104. The molecule has 0 aliphatic carbocycles. The van der Waals surface area contributed by atoms with Gasteiger partial charge in [0.15, 0.2) is 5.52 Å². The Morgan fingerprint density at radius 2 is 1.24 bits per heavy atom. The number of benzene rings is 2. The molecule has 176 valence electrons. The monoisotopic (exact) mass is 465 g/mol. The van der Waals surface area contributed by atoms with Crippen molar-refractivity contribution in [3.05, 3.63) is 47.0 Å². The van der Waals surface area contributed by atoms with Crippen LogP contribution in [-0.4, -0.2) is 23.8 Å². The Hall–Kier alpha value is -1.46. The maximum atomic E-state index is 13.4. The van der Waals surface area contributed by atoms with Gasteiger partial charge in [-0.3, -0.25) is 4.79 Å². The topological polar surface area (TPSA) is 44.8 Å². The number of rotatable bonds is 12. The van der Waals surface area contributed by atoms with Crippen LogP contribution in [0.15, 0.2) is 30.3 Å². The second-order valence-electron chi connectivity index (χ2n) is 8.53. The third kappa shape index (κ3) is 8.36. The second-order valence-corrected chi connectivity index (χ2v) is 9.73. The molecular formula is C27H39LiO4P+. The van der Waals surface area contributed by atoms with Gasteiger partial charge in [0, 0.05) is 17.7 Å². The summed E-state index contributed by atoms with van der Waals surface area (Å²) in [4.78, 5) is 13.4. The molecule has 0 aliphatic heterocycles. The molecular weight excluding hydrogens is 426 g/mol. The summed E-state index contributed by atoms with van der Waals surface area (Å²) in [5.41, 5.74) is 2.87. The maximum absolute atomic E-state index is 13.4. The molecule has 0 spiro atoms. The summed E-state index contributed by atoms with van der Waals surface area (Å²) in [5, 5.41) is 0.815. The summed E-state index contributed by atoms with van der Waals surface area (Å²) < 4.78 is 18.7. The first kappa shape index (κ1) is 29.6. The van der Waals surface area contributed by atoms with Crippen LogP contribution in [0.3, 0.4) is 0 Å². The Morgan fingerprint density at radius 3 is 1.67 bits per heavy atom. The van der Waals surface area contributed by atoms with E-state index < -0.39 is 0 Å². The van der Waals surface area contributed by atoms with Crippen LogP contribution in [0.2, 0.25) is 0 Å². The number of carbonyl (C=O) groups is 1. The number of carbonyl (C=O) groups excluding carboxylic acids is 1. The summed E-state index contributed by atoms with van der Waals surface area (Å²) in [7, 11) is -0.104. The summed E-state index contributed by atoms with van der Waals surface area (Å²) in [6.45, 7) is 16.4. The van der Waals surface area contributed by atoms with E-state index in [1.807, 2.05) is 65.0 Å². The zero-order chi connectivity index (χ0) is 23.8. The average Bonchev–Trinajstić information content (AvgIpc) is 2.75. The molecule has 0 saturated carbocycles. The van der Waals surface area contributed by atoms with Crippen LogP contribution >= 0.6 is 8.58 Å². The molecule has 0 fully saturated rings. The summed E-state index contributed by atoms with van der Waals surface area (Å²) >= 11 is 0. The first-order chi connectivity index (χ1) is 15.2. The van der Waals surface area contributed by atoms with Crippen molar-refractivity contribution < 1.29 is 37.9 Å². The molecule has 0 aliphatic rings. The molecule has 2 rings (SSSR count). The fourth-order valence-electron chi connectivity index (χ4n) is 3.21. The summed E-state index contributed by atoms with van der Waals surface area (Å²) in [6.07, 6.45) is 2.75. The van der Waals surface area contributed by atoms with Gasteiger partial charge in [0.25, 0.3) is 0 Å². The molecule has 4 nitrogen and oxygen atoms in total. The van der Waals surface area contributed by atoms with Crippen molar-refractivity contribution in [2.45, 2.75) is 93.0 Å². The Labute approximate surface area is 214 Å². The van der Waals surface area contributed by atoms with Gasteiger partial charge in [0.2, 0.25) is 0 Å². The van der Waals surface area contributed by atoms with Gasteiger partial charge < -0.3 is 14.2 Å². The fraction of sp³-hybridized carbons (Fsp3) is 0.519. The van der Waals surface area contributed by atoms with Crippen molar-refractivity contribution in [1.82, 2.24) is 0 Å². The van der Waals surface area contributed by atoms with Gasteiger partial charge in [-0.1, -0.05) is 39.0 Å². The van der Waals surface area contributed by atoms with Crippen molar-refractivity contribution in [1.29, 1.82) is 0 Å². The molecule has 0 heterocycles. The first-order valence-electron chi connectivity index (χ1n) is 11.8. The smallest absolute Gasteiger partial charge is 0.490 e. The number of hydrogen-bond acceptors (Lipinski definition) is 4. The molecule has 0 amide bonds. The quantitative estimate of drug-likeness (QED) is 0.351. The minimum Gasteiger partial charge on any atom is -0.490 e. The standard InChI is InChI=1S/C27H39O4P.Li/c1-9-19(6)29-22-15-23(30-20(7)10-2)26(24(16-22)31-21(8)11-3)32-27(28)25-17(4)13-12-14-18(25)5;/h12-16,19-21,32H,9-11H2,1-8H3;/q;+1. The molecule has 0 N–H and O–H groups in total. The van der Waals surface area contributed by atoms with E-state index >= 15 is 0 Å². The Morgan fingerprint density at radius 1 is 0.818 bits per heavy atom. The maximum Gasteiger partial charge on any atom is 1.00 e. The Kier molecular flexibility index (Phi) is 12.6. The van der Waals surface area contributed by atoms with E-state index in [1.54, 1.807) is 0 Å². The summed E-state index contributed by atoms with van der Waals surface area (Å²) in [5.74, 6) is 2.07. The molecule has 6 heteroatoms. The molecule has 0 saturated heterocycles. The van der Waals surface area contributed by atoms with Gasteiger partial charge in [-0.2, -0.15) is 0 Å². The second kappa shape index (κ2) is 14.1. The van der Waals surface area contributed by atoms with Crippen molar-refractivity contribution >= 4 is 19.4 Å². The predicted molar refractivity (Wildman–Crippen MR) is 136 cm³/mol. The summed E-state index contributed by atoms with van der Waals surface area (Å²) in [6, 6.07) is 9.80. The number of hydrogen-bond donors (Lipinski definition) is 0. The van der Waals surface area contributed by atoms with Crippen molar-refractivity contribution in [3.63, 3.8) is 0 Å². The zero-order valence-electron chi connectivity index (χ0n) is 21.9. The molecule has 0 aromatic heterocycles. The SMILES string of the molecule is CCC(C)Oc1cc(OC(C)CC)c(PC(=O)c2c(C)cccc2C)c(OC(C)CC)c1.[Li+]. The molecule has 33 heavy (non-hydrogen) atoms. The number of aryl methyl sites for hydroxylation is 2. The molecule has 0 bridgehead atoms. The van der Waals surface area contributed by atoms with E-state index in [4.69, 9.17) is 14.2 Å².